The number of aromatic amines is 1. The lowest BCUT2D eigenvalue weighted by molar-refractivity contribution is 0.0533. The highest BCUT2D eigenvalue weighted by Gasteiger charge is 2.26. The fraction of sp³-hybridized carbons (Fsp3) is 0.238. The smallest absolute Gasteiger partial charge is 0.257 e. The van der Waals surface area contributed by atoms with Crippen molar-refractivity contribution in [3.05, 3.63) is 65.9 Å². The Hall–Kier alpha value is -3.28. The number of carbonyl (C=O) groups is 2. The van der Waals surface area contributed by atoms with Crippen molar-refractivity contribution < 1.29 is 14.3 Å². The molecule has 1 saturated heterocycles. The maximum atomic E-state index is 12.8. The van der Waals surface area contributed by atoms with Crippen molar-refractivity contribution in [2.24, 2.45) is 0 Å². The van der Waals surface area contributed by atoms with Crippen LogP contribution in [0.15, 0.2) is 54.7 Å². The summed E-state index contributed by atoms with van der Waals surface area (Å²) in [4.78, 5) is 32.3. The molecule has 2 heterocycles. The molecule has 1 aliphatic heterocycles. The molecule has 0 spiro atoms. The van der Waals surface area contributed by atoms with Crippen molar-refractivity contribution in [3.63, 3.8) is 0 Å². The fourth-order valence-electron chi connectivity index (χ4n) is 3.47. The van der Waals surface area contributed by atoms with Gasteiger partial charge in [0.15, 0.2) is 0 Å². The molecule has 0 radical (unpaired) electrons. The molecule has 27 heavy (non-hydrogen) atoms. The number of ether oxygens (including phenoxy) is 1. The van der Waals surface area contributed by atoms with Gasteiger partial charge in [-0.2, -0.15) is 0 Å². The van der Waals surface area contributed by atoms with Gasteiger partial charge in [-0.15, -0.1) is 0 Å². The average molecular weight is 363 g/mol. The normalized spacial score (nSPS) is 14.4. The third kappa shape index (κ3) is 3.26. The van der Waals surface area contributed by atoms with Gasteiger partial charge in [-0.05, 0) is 35.7 Å². The first-order chi connectivity index (χ1) is 13.2. The van der Waals surface area contributed by atoms with Crippen molar-refractivity contribution in [3.8, 4) is 5.75 Å². The first-order valence-corrected chi connectivity index (χ1v) is 8.96. The number of para-hydroxylation sites is 1. The van der Waals surface area contributed by atoms with E-state index in [-0.39, 0.29) is 11.8 Å². The van der Waals surface area contributed by atoms with Gasteiger partial charge in [0, 0.05) is 43.5 Å². The van der Waals surface area contributed by atoms with Crippen molar-refractivity contribution in [2.75, 3.05) is 33.3 Å². The molecule has 1 aromatic heterocycles. The molecular formula is C21H21N3O3. The second kappa shape index (κ2) is 7.15. The van der Waals surface area contributed by atoms with Crippen molar-refractivity contribution in [1.29, 1.82) is 0 Å². The maximum Gasteiger partial charge on any atom is 0.257 e. The number of hydrogen-bond donors (Lipinski definition) is 1. The molecule has 0 bridgehead atoms. The van der Waals surface area contributed by atoms with E-state index in [0.29, 0.717) is 43.1 Å². The van der Waals surface area contributed by atoms with Gasteiger partial charge in [0.1, 0.15) is 5.75 Å². The maximum absolute atomic E-state index is 12.8. The number of benzene rings is 2. The molecule has 0 atom stereocenters. The summed E-state index contributed by atoms with van der Waals surface area (Å²) in [5.41, 5.74) is 2.16. The van der Waals surface area contributed by atoms with Crippen LogP contribution < -0.4 is 4.74 Å². The lowest BCUT2D eigenvalue weighted by Gasteiger charge is -2.35. The third-order valence-corrected chi connectivity index (χ3v) is 4.99. The van der Waals surface area contributed by atoms with E-state index >= 15 is 0 Å². The first-order valence-electron chi connectivity index (χ1n) is 8.96. The predicted octanol–water partition coefficient (Wildman–Crippen LogP) is 2.77. The van der Waals surface area contributed by atoms with Crippen LogP contribution in [-0.4, -0.2) is 59.9 Å². The largest absolute Gasteiger partial charge is 0.496 e. The molecule has 0 unspecified atom stereocenters. The van der Waals surface area contributed by atoms with Crippen LogP contribution in [0.1, 0.15) is 20.7 Å². The number of amides is 2. The van der Waals surface area contributed by atoms with E-state index in [1.807, 2.05) is 42.6 Å². The summed E-state index contributed by atoms with van der Waals surface area (Å²) in [5.74, 6) is 0.503. The minimum atomic E-state index is -0.0626. The molecule has 2 aromatic carbocycles. The van der Waals surface area contributed by atoms with E-state index in [4.69, 9.17) is 4.74 Å². The van der Waals surface area contributed by atoms with Crippen molar-refractivity contribution >= 4 is 22.7 Å². The minimum absolute atomic E-state index is 0.00380. The minimum Gasteiger partial charge on any atom is -0.496 e. The van der Waals surface area contributed by atoms with Gasteiger partial charge in [-0.25, -0.2) is 0 Å². The molecule has 3 aromatic rings. The van der Waals surface area contributed by atoms with Crippen LogP contribution in [-0.2, 0) is 0 Å². The zero-order chi connectivity index (χ0) is 18.8. The van der Waals surface area contributed by atoms with E-state index in [1.54, 1.807) is 29.0 Å². The average Bonchev–Trinajstić information content (AvgIpc) is 3.20. The molecule has 6 heteroatoms. The highest BCUT2D eigenvalue weighted by atomic mass is 16.5. The molecule has 6 nitrogen and oxygen atoms in total. The van der Waals surface area contributed by atoms with Gasteiger partial charge >= 0.3 is 0 Å². The number of rotatable bonds is 3. The van der Waals surface area contributed by atoms with Crippen LogP contribution >= 0.6 is 0 Å². The number of nitrogens with one attached hydrogen (secondary N) is 1. The van der Waals surface area contributed by atoms with E-state index in [9.17, 15) is 9.59 Å². The fourth-order valence-corrected chi connectivity index (χ4v) is 3.47. The zero-order valence-corrected chi connectivity index (χ0v) is 15.1. The predicted molar refractivity (Wildman–Crippen MR) is 103 cm³/mol. The second-order valence-corrected chi connectivity index (χ2v) is 6.56. The summed E-state index contributed by atoms with van der Waals surface area (Å²) >= 11 is 0. The molecule has 1 aliphatic rings. The van der Waals surface area contributed by atoms with E-state index < -0.39 is 0 Å². The Balaban J connectivity index is 1.43. The molecule has 1 fully saturated rings. The summed E-state index contributed by atoms with van der Waals surface area (Å²) < 4.78 is 5.29. The van der Waals surface area contributed by atoms with Gasteiger partial charge in [-0.1, -0.05) is 18.2 Å². The van der Waals surface area contributed by atoms with E-state index in [1.165, 1.54) is 0 Å². The van der Waals surface area contributed by atoms with Gasteiger partial charge < -0.3 is 19.5 Å². The highest BCUT2D eigenvalue weighted by molar-refractivity contribution is 5.99. The zero-order valence-electron chi connectivity index (χ0n) is 15.1. The number of hydrogen-bond acceptors (Lipinski definition) is 3. The molecule has 0 saturated carbocycles. The van der Waals surface area contributed by atoms with Gasteiger partial charge in [0.25, 0.3) is 11.8 Å². The number of methoxy groups -OCH3 is 1. The van der Waals surface area contributed by atoms with Crippen molar-refractivity contribution in [2.45, 2.75) is 0 Å². The third-order valence-electron chi connectivity index (χ3n) is 4.99. The Labute approximate surface area is 157 Å². The Morgan fingerprint density at radius 3 is 2.37 bits per heavy atom. The summed E-state index contributed by atoms with van der Waals surface area (Å²) in [6, 6.07) is 14.9. The number of aromatic nitrogens is 1. The lowest BCUT2D eigenvalue weighted by Crippen LogP contribution is -2.50. The van der Waals surface area contributed by atoms with Crippen LogP contribution in [0.2, 0.25) is 0 Å². The SMILES string of the molecule is COc1ccccc1C(=O)N1CCN(C(=O)c2ccc3cc[nH]c3c2)CC1. The standard InChI is InChI=1S/C21H21N3O3/c1-27-19-5-3-2-4-17(19)21(26)24-12-10-23(11-13-24)20(25)16-7-6-15-8-9-22-18(15)14-16/h2-9,14,22H,10-13H2,1H3. The number of carbonyl (C=O) groups excluding carboxylic acids is 2. The molecule has 4 rings (SSSR count). The van der Waals surface area contributed by atoms with E-state index in [0.717, 1.165) is 10.9 Å². The molecule has 2 amide bonds. The van der Waals surface area contributed by atoms with Gasteiger partial charge in [-0.3, -0.25) is 9.59 Å². The molecule has 0 aliphatic carbocycles. The summed E-state index contributed by atoms with van der Waals surface area (Å²) in [6.07, 6.45) is 1.86. The Kier molecular flexibility index (Phi) is 4.54. The Morgan fingerprint density at radius 1 is 0.926 bits per heavy atom. The number of fused-ring (bicyclic) bond motifs is 1. The summed E-state index contributed by atoms with van der Waals surface area (Å²) in [7, 11) is 1.56. The highest BCUT2D eigenvalue weighted by Crippen LogP contribution is 2.21. The topological polar surface area (TPSA) is 65.6 Å². The monoisotopic (exact) mass is 363 g/mol. The number of nitrogens with zero attached hydrogens (tertiary/aromatic N) is 2. The van der Waals surface area contributed by atoms with Crippen LogP contribution in [0.3, 0.4) is 0 Å². The number of piperazine rings is 1. The quantitative estimate of drug-likeness (QED) is 0.778. The first kappa shape index (κ1) is 17.1. The van der Waals surface area contributed by atoms with Crippen LogP contribution in [0.4, 0.5) is 0 Å². The van der Waals surface area contributed by atoms with Crippen LogP contribution in [0, 0.1) is 0 Å². The Morgan fingerprint density at radius 2 is 1.63 bits per heavy atom. The van der Waals surface area contributed by atoms with Gasteiger partial charge in [0.2, 0.25) is 0 Å². The second-order valence-electron chi connectivity index (χ2n) is 6.56. The van der Waals surface area contributed by atoms with Gasteiger partial charge in [0.05, 0.1) is 12.7 Å². The molecule has 138 valence electrons. The summed E-state index contributed by atoms with van der Waals surface area (Å²) in [5, 5.41) is 1.08. The molecular weight excluding hydrogens is 342 g/mol. The number of H-pyrrole nitrogens is 1. The van der Waals surface area contributed by atoms with Crippen LogP contribution in [0.25, 0.3) is 10.9 Å². The van der Waals surface area contributed by atoms with Crippen LogP contribution in [0.5, 0.6) is 5.75 Å². The molecule has 1 N–H and O–H groups in total. The van der Waals surface area contributed by atoms with E-state index in [2.05, 4.69) is 4.98 Å². The summed E-state index contributed by atoms with van der Waals surface area (Å²) in [6.45, 7) is 2.05. The van der Waals surface area contributed by atoms with Crippen molar-refractivity contribution in [1.82, 2.24) is 14.8 Å². The Bertz CT molecular complexity index is 987. The lowest BCUT2D eigenvalue weighted by atomic mass is 10.1.